The van der Waals surface area contributed by atoms with Crippen molar-refractivity contribution in [2.45, 2.75) is 26.5 Å². The fraction of sp³-hybridized carbons (Fsp3) is 0.0769. The van der Waals surface area contributed by atoms with E-state index in [1.807, 2.05) is 0 Å². The minimum Gasteiger partial charge on any atom is -0.508 e. The third-order valence-electron chi connectivity index (χ3n) is 5.28. The Hall–Kier alpha value is -3.83. The van der Waals surface area contributed by atoms with Crippen LogP contribution in [0.15, 0.2) is 117 Å². The Morgan fingerprint density at radius 3 is 1.13 bits per heavy atom. The van der Waals surface area contributed by atoms with Gasteiger partial charge in [-0.2, -0.15) is 0 Å². The van der Waals surface area contributed by atoms with Crippen molar-refractivity contribution in [3.63, 3.8) is 0 Å². The molecule has 0 saturated carbocycles. The largest absolute Gasteiger partial charge is 0.587 e. The van der Waals surface area contributed by atoms with Crippen LogP contribution in [0.5, 0.6) is 23.0 Å². The van der Waals surface area contributed by atoms with E-state index in [0.717, 1.165) is 0 Å². The number of phenols is 2. The molecule has 0 aliphatic rings. The van der Waals surface area contributed by atoms with E-state index in [4.69, 9.17) is 13.6 Å². The van der Waals surface area contributed by atoms with Gasteiger partial charge in [0.15, 0.2) is 0 Å². The Morgan fingerprint density at radius 1 is 0.564 bits per heavy atom. The number of sulfone groups is 2. The number of phosphoric ester groups is 1. The Balaban J connectivity index is 1.51. The van der Waals surface area contributed by atoms with E-state index < -0.39 is 27.5 Å². The van der Waals surface area contributed by atoms with Crippen LogP contribution in [0.2, 0.25) is 0 Å². The molecule has 0 spiro atoms. The molecule has 0 unspecified atom stereocenters. The number of phosphoric acid groups is 1. The number of rotatable bonds is 10. The number of hydrogen-bond acceptors (Lipinski definition) is 10. The Kier molecular flexibility index (Phi) is 8.03. The molecule has 0 fully saturated rings. The molecule has 204 valence electrons. The van der Waals surface area contributed by atoms with Crippen molar-refractivity contribution in [1.82, 2.24) is 0 Å². The zero-order valence-corrected chi connectivity index (χ0v) is 22.9. The van der Waals surface area contributed by atoms with Gasteiger partial charge >= 0.3 is 7.82 Å². The highest BCUT2D eigenvalue weighted by atomic mass is 32.2. The van der Waals surface area contributed by atoms with Gasteiger partial charge in [-0.25, -0.2) is 21.4 Å². The predicted octanol–water partition coefficient (Wildman–Crippen LogP) is 5.37. The van der Waals surface area contributed by atoms with Gasteiger partial charge in [-0.3, -0.25) is 4.52 Å². The molecule has 0 aromatic heterocycles. The standard InChI is InChI=1S/C26H23O10PS2/c1-2-34-37(29,35-21-7-15-25(16-8-21)38(30,31)23-11-3-19(27)4-12-23)36-22-9-17-26(18-10-22)39(32,33)24-13-5-20(28)6-14-24/h3-18,27-28H,2H2,1H3. The van der Waals surface area contributed by atoms with Crippen molar-refractivity contribution >= 4 is 27.5 Å². The molecule has 4 rings (SSSR count). The quantitative estimate of drug-likeness (QED) is 0.231. The molecule has 2 N–H and O–H groups in total. The lowest BCUT2D eigenvalue weighted by molar-refractivity contribution is 0.219. The summed E-state index contributed by atoms with van der Waals surface area (Å²) in [6.07, 6.45) is 0. The predicted molar refractivity (Wildman–Crippen MR) is 140 cm³/mol. The van der Waals surface area contributed by atoms with Crippen molar-refractivity contribution < 1.29 is 45.2 Å². The lowest BCUT2D eigenvalue weighted by Gasteiger charge is -2.18. The topological polar surface area (TPSA) is 154 Å². The summed E-state index contributed by atoms with van der Waals surface area (Å²) in [7, 11) is -12.0. The summed E-state index contributed by atoms with van der Waals surface area (Å²) in [4.78, 5) is -0.155. The molecule has 39 heavy (non-hydrogen) atoms. The van der Waals surface area contributed by atoms with Crippen LogP contribution in [0.3, 0.4) is 0 Å². The van der Waals surface area contributed by atoms with Gasteiger partial charge in [0.05, 0.1) is 26.2 Å². The molecule has 0 heterocycles. The van der Waals surface area contributed by atoms with Gasteiger partial charge in [0.1, 0.15) is 23.0 Å². The van der Waals surface area contributed by atoms with E-state index in [-0.39, 0.29) is 49.2 Å². The molecular formula is C26H23O10PS2. The van der Waals surface area contributed by atoms with Gasteiger partial charge in [-0.05, 0) is 104 Å². The summed E-state index contributed by atoms with van der Waals surface area (Å²) in [5, 5.41) is 18.8. The smallest absolute Gasteiger partial charge is 0.508 e. The lowest BCUT2D eigenvalue weighted by atomic mass is 10.3. The van der Waals surface area contributed by atoms with Crippen LogP contribution >= 0.6 is 7.82 Å². The molecule has 0 atom stereocenters. The van der Waals surface area contributed by atoms with Crippen molar-refractivity contribution in [1.29, 1.82) is 0 Å². The van der Waals surface area contributed by atoms with Crippen molar-refractivity contribution in [3.8, 4) is 23.0 Å². The summed E-state index contributed by atoms with van der Waals surface area (Å²) in [5.74, 6) is -0.137. The SMILES string of the molecule is CCOP(=O)(Oc1ccc(S(=O)(=O)c2ccc(O)cc2)cc1)Oc1ccc(S(=O)(=O)c2ccc(O)cc2)cc1. The second-order valence-corrected chi connectivity index (χ2v) is 13.4. The summed E-state index contributed by atoms with van der Waals surface area (Å²) in [6, 6.07) is 20.3. The average Bonchev–Trinajstić information content (AvgIpc) is 2.90. The first-order valence-electron chi connectivity index (χ1n) is 11.4. The first-order valence-corrected chi connectivity index (χ1v) is 15.8. The van der Waals surface area contributed by atoms with Crippen molar-refractivity contribution in [2.75, 3.05) is 6.61 Å². The van der Waals surface area contributed by atoms with E-state index in [1.165, 1.54) is 97.1 Å². The molecular weight excluding hydrogens is 567 g/mol. The molecule has 0 aliphatic heterocycles. The van der Waals surface area contributed by atoms with Gasteiger partial charge in [0.2, 0.25) is 19.7 Å². The normalized spacial score (nSPS) is 12.1. The Bertz CT molecular complexity index is 1570. The molecule has 0 amide bonds. The van der Waals surface area contributed by atoms with Gasteiger partial charge < -0.3 is 19.3 Å². The zero-order chi connectivity index (χ0) is 28.3. The van der Waals surface area contributed by atoms with Crippen LogP contribution < -0.4 is 9.05 Å². The average molecular weight is 591 g/mol. The molecule has 0 saturated heterocycles. The fourth-order valence-corrected chi connectivity index (χ4v) is 7.11. The molecule has 13 heteroatoms. The number of benzene rings is 4. The summed E-state index contributed by atoms with van der Waals surface area (Å²) >= 11 is 0. The highest BCUT2D eigenvalue weighted by molar-refractivity contribution is 7.91. The molecule has 4 aromatic rings. The highest BCUT2D eigenvalue weighted by Gasteiger charge is 2.31. The lowest BCUT2D eigenvalue weighted by Crippen LogP contribution is -2.06. The summed E-state index contributed by atoms with van der Waals surface area (Å²) in [5.41, 5.74) is 0. The maximum Gasteiger partial charge on any atom is 0.587 e. The molecule has 0 aliphatic carbocycles. The van der Waals surface area contributed by atoms with E-state index in [2.05, 4.69) is 0 Å². The number of aromatic hydroxyl groups is 2. The maximum atomic E-state index is 13.3. The Morgan fingerprint density at radius 2 is 0.846 bits per heavy atom. The third kappa shape index (κ3) is 6.43. The van der Waals surface area contributed by atoms with Crippen LogP contribution in [-0.2, 0) is 28.8 Å². The summed E-state index contributed by atoms with van der Waals surface area (Å²) in [6.45, 7) is 1.53. The van der Waals surface area contributed by atoms with E-state index in [0.29, 0.717) is 0 Å². The second kappa shape index (κ2) is 11.1. The van der Waals surface area contributed by atoms with E-state index in [1.54, 1.807) is 6.92 Å². The first kappa shape index (κ1) is 28.2. The fourth-order valence-electron chi connectivity index (χ4n) is 3.37. The van der Waals surface area contributed by atoms with E-state index >= 15 is 0 Å². The number of phenolic OH excluding ortho intramolecular Hbond substituents is 2. The van der Waals surface area contributed by atoms with Crippen LogP contribution in [0.4, 0.5) is 0 Å². The van der Waals surface area contributed by atoms with Crippen LogP contribution in [-0.4, -0.2) is 33.7 Å². The van der Waals surface area contributed by atoms with E-state index in [9.17, 15) is 31.6 Å². The first-order chi connectivity index (χ1) is 18.4. The van der Waals surface area contributed by atoms with Crippen molar-refractivity contribution in [3.05, 3.63) is 97.1 Å². The van der Waals surface area contributed by atoms with Crippen LogP contribution in [0.25, 0.3) is 0 Å². The summed E-state index contributed by atoms with van der Waals surface area (Å²) < 4.78 is 80.6. The zero-order valence-electron chi connectivity index (χ0n) is 20.4. The van der Waals surface area contributed by atoms with Crippen LogP contribution in [0.1, 0.15) is 6.92 Å². The van der Waals surface area contributed by atoms with Gasteiger partial charge in [0.25, 0.3) is 0 Å². The number of hydrogen-bond donors (Lipinski definition) is 2. The Labute approximate surface area is 225 Å². The van der Waals surface area contributed by atoms with Gasteiger partial charge in [-0.15, -0.1) is 0 Å². The maximum absolute atomic E-state index is 13.3. The minimum atomic E-state index is -4.26. The molecule has 10 nitrogen and oxygen atoms in total. The van der Waals surface area contributed by atoms with Gasteiger partial charge in [-0.1, -0.05) is 0 Å². The molecule has 0 radical (unpaired) electrons. The third-order valence-corrected chi connectivity index (χ3v) is 10.3. The highest BCUT2D eigenvalue weighted by Crippen LogP contribution is 2.49. The molecule has 0 bridgehead atoms. The molecule has 4 aromatic carbocycles. The second-order valence-electron chi connectivity index (χ2n) is 7.99. The minimum absolute atomic E-state index is 0.00275. The van der Waals surface area contributed by atoms with Crippen molar-refractivity contribution in [2.24, 2.45) is 0 Å². The monoisotopic (exact) mass is 590 g/mol. The van der Waals surface area contributed by atoms with Crippen LogP contribution in [0, 0.1) is 0 Å². The van der Waals surface area contributed by atoms with Gasteiger partial charge in [0, 0.05) is 0 Å².